The number of aromatic nitrogens is 1. The summed E-state index contributed by atoms with van der Waals surface area (Å²) < 4.78 is 19.2. The maximum Gasteiger partial charge on any atom is 0.125 e. The Bertz CT molecular complexity index is 761. The molecule has 2 nitrogen and oxygen atoms in total. The number of nitrogens with one attached hydrogen (secondary N) is 1. The van der Waals surface area contributed by atoms with Gasteiger partial charge < -0.3 is 9.72 Å². The number of hydrogen-bond acceptors (Lipinski definition) is 1. The van der Waals surface area contributed by atoms with Crippen molar-refractivity contribution in [2.45, 2.75) is 25.9 Å². The van der Waals surface area contributed by atoms with Crippen LogP contribution < -0.4 is 0 Å². The van der Waals surface area contributed by atoms with Gasteiger partial charge in [0.05, 0.1) is 13.2 Å². The summed E-state index contributed by atoms with van der Waals surface area (Å²) in [5.74, 6) is -0.223. The summed E-state index contributed by atoms with van der Waals surface area (Å²) in [5.41, 5.74) is 2.88. The van der Waals surface area contributed by atoms with E-state index in [2.05, 4.69) is 37.0 Å². The third-order valence-electron chi connectivity index (χ3n) is 3.89. The Morgan fingerprint density at radius 1 is 1.05 bits per heavy atom. The summed E-state index contributed by atoms with van der Waals surface area (Å²) in [6.45, 7) is 5.44. The average molecular weight is 297 g/mol. The number of benzene rings is 2. The minimum atomic E-state index is -0.223. The normalized spacial score (nSPS) is 12.0. The van der Waals surface area contributed by atoms with Gasteiger partial charge >= 0.3 is 0 Å². The first-order valence-corrected chi connectivity index (χ1v) is 7.45. The van der Waals surface area contributed by atoms with Gasteiger partial charge in [0.25, 0.3) is 0 Å². The smallest absolute Gasteiger partial charge is 0.125 e. The highest BCUT2D eigenvalue weighted by Crippen LogP contribution is 2.27. The maximum atomic E-state index is 13.3. The lowest BCUT2D eigenvalue weighted by molar-refractivity contribution is 0.0814. The fourth-order valence-corrected chi connectivity index (χ4v) is 2.54. The fourth-order valence-electron chi connectivity index (χ4n) is 2.54. The van der Waals surface area contributed by atoms with Crippen LogP contribution in [0.3, 0.4) is 0 Å². The minimum Gasteiger partial charge on any atom is -0.376 e. The molecule has 114 valence electrons. The second-order valence-corrected chi connectivity index (χ2v) is 6.28. The van der Waals surface area contributed by atoms with Gasteiger partial charge in [-0.1, -0.05) is 44.2 Å². The van der Waals surface area contributed by atoms with Crippen molar-refractivity contribution in [3.8, 4) is 0 Å². The fraction of sp³-hybridized carbons (Fsp3) is 0.263. The van der Waals surface area contributed by atoms with Crippen LogP contribution in [-0.2, 0) is 16.8 Å². The van der Waals surface area contributed by atoms with Crippen LogP contribution in [0.1, 0.15) is 25.1 Å². The predicted molar refractivity (Wildman–Crippen MR) is 87.4 cm³/mol. The van der Waals surface area contributed by atoms with Gasteiger partial charge in [-0.05, 0) is 35.2 Å². The van der Waals surface area contributed by atoms with E-state index in [0.717, 1.165) is 22.2 Å². The van der Waals surface area contributed by atoms with Crippen LogP contribution in [0.2, 0.25) is 0 Å². The Balaban J connectivity index is 1.70. The number of halogens is 1. The third-order valence-corrected chi connectivity index (χ3v) is 3.89. The van der Waals surface area contributed by atoms with Crippen molar-refractivity contribution in [2.75, 3.05) is 6.61 Å². The van der Waals surface area contributed by atoms with Crippen molar-refractivity contribution in [1.82, 2.24) is 4.98 Å². The summed E-state index contributed by atoms with van der Waals surface area (Å²) in [7, 11) is 0. The molecule has 0 fully saturated rings. The highest BCUT2D eigenvalue weighted by Gasteiger charge is 2.23. The van der Waals surface area contributed by atoms with Crippen molar-refractivity contribution in [2.24, 2.45) is 0 Å². The molecule has 2 aromatic carbocycles. The van der Waals surface area contributed by atoms with Crippen LogP contribution >= 0.6 is 0 Å². The molecule has 0 spiro atoms. The summed E-state index contributed by atoms with van der Waals surface area (Å²) in [6, 6.07) is 17.0. The van der Waals surface area contributed by atoms with Gasteiger partial charge in [0, 0.05) is 16.6 Å². The lowest BCUT2D eigenvalue weighted by atomic mass is 9.90. The van der Waals surface area contributed by atoms with E-state index in [1.54, 1.807) is 6.07 Å². The molecule has 0 unspecified atom stereocenters. The van der Waals surface area contributed by atoms with Gasteiger partial charge in [-0.25, -0.2) is 4.39 Å². The first kappa shape index (κ1) is 14.8. The standard InChI is InChI=1S/C19H20FNO/c1-19(2,13-22-12-14-6-4-3-5-7-14)18-10-15-8-9-16(20)11-17(15)21-18/h3-11,21H,12-13H2,1-2H3. The molecule has 0 saturated carbocycles. The van der Waals surface area contributed by atoms with E-state index in [0.29, 0.717) is 13.2 Å². The first-order valence-electron chi connectivity index (χ1n) is 7.45. The van der Waals surface area contributed by atoms with Gasteiger partial charge in [-0.15, -0.1) is 0 Å². The lowest BCUT2D eigenvalue weighted by Crippen LogP contribution is -2.24. The SMILES string of the molecule is CC(C)(COCc1ccccc1)c1cc2ccc(F)cc2[nH]1. The summed E-state index contributed by atoms with van der Waals surface area (Å²) in [5, 5.41) is 1.02. The number of aromatic amines is 1. The highest BCUT2D eigenvalue weighted by atomic mass is 19.1. The minimum absolute atomic E-state index is 0.162. The summed E-state index contributed by atoms with van der Waals surface area (Å²) in [6.07, 6.45) is 0. The quantitative estimate of drug-likeness (QED) is 0.719. The Morgan fingerprint density at radius 3 is 2.59 bits per heavy atom. The van der Waals surface area contributed by atoms with E-state index < -0.39 is 0 Å². The number of H-pyrrole nitrogens is 1. The lowest BCUT2D eigenvalue weighted by Gasteiger charge is -2.23. The van der Waals surface area contributed by atoms with Crippen molar-refractivity contribution >= 4 is 10.9 Å². The molecule has 0 radical (unpaired) electrons. The van der Waals surface area contributed by atoms with Crippen molar-refractivity contribution in [3.05, 3.63) is 71.7 Å². The number of ether oxygens (including phenoxy) is 1. The highest BCUT2D eigenvalue weighted by molar-refractivity contribution is 5.80. The molecule has 22 heavy (non-hydrogen) atoms. The monoisotopic (exact) mass is 297 g/mol. The molecule has 3 aromatic rings. The van der Waals surface area contributed by atoms with Crippen LogP contribution in [0.15, 0.2) is 54.6 Å². The molecule has 0 aliphatic heterocycles. The Labute approximate surface area is 129 Å². The largest absolute Gasteiger partial charge is 0.376 e. The van der Waals surface area contributed by atoms with E-state index in [4.69, 9.17) is 4.74 Å². The summed E-state index contributed by atoms with van der Waals surface area (Å²) >= 11 is 0. The van der Waals surface area contributed by atoms with Crippen LogP contribution in [0, 0.1) is 5.82 Å². The Morgan fingerprint density at radius 2 is 1.82 bits per heavy atom. The number of fused-ring (bicyclic) bond motifs is 1. The van der Waals surface area contributed by atoms with Gasteiger partial charge in [-0.2, -0.15) is 0 Å². The van der Waals surface area contributed by atoms with Crippen LogP contribution in [0.25, 0.3) is 10.9 Å². The second-order valence-electron chi connectivity index (χ2n) is 6.28. The van der Waals surface area contributed by atoms with Crippen LogP contribution in [0.5, 0.6) is 0 Å². The average Bonchev–Trinajstić information content (AvgIpc) is 2.92. The number of rotatable bonds is 5. The van der Waals surface area contributed by atoms with Gasteiger partial charge in [0.1, 0.15) is 5.82 Å². The molecule has 0 saturated heterocycles. The number of hydrogen-bond donors (Lipinski definition) is 1. The molecular formula is C19H20FNO. The maximum absolute atomic E-state index is 13.3. The van der Waals surface area contributed by atoms with Gasteiger partial charge in [-0.3, -0.25) is 0 Å². The topological polar surface area (TPSA) is 25.0 Å². The molecule has 3 rings (SSSR count). The molecule has 0 amide bonds. The molecule has 1 N–H and O–H groups in total. The third kappa shape index (κ3) is 3.20. The molecule has 0 atom stereocenters. The zero-order chi connectivity index (χ0) is 15.6. The van der Waals surface area contributed by atoms with E-state index in [-0.39, 0.29) is 11.2 Å². The zero-order valence-electron chi connectivity index (χ0n) is 12.9. The van der Waals surface area contributed by atoms with Gasteiger partial charge in [0.15, 0.2) is 0 Å². The van der Waals surface area contributed by atoms with Crippen molar-refractivity contribution in [3.63, 3.8) is 0 Å². The first-order chi connectivity index (χ1) is 10.5. The van der Waals surface area contributed by atoms with Crippen LogP contribution in [0.4, 0.5) is 4.39 Å². The Hall–Kier alpha value is -2.13. The van der Waals surface area contributed by atoms with E-state index >= 15 is 0 Å². The molecule has 1 heterocycles. The molecular weight excluding hydrogens is 277 g/mol. The predicted octanol–water partition coefficient (Wildman–Crippen LogP) is 4.80. The van der Waals surface area contributed by atoms with Gasteiger partial charge in [0.2, 0.25) is 0 Å². The van der Waals surface area contributed by atoms with E-state index in [1.165, 1.54) is 12.1 Å². The zero-order valence-corrected chi connectivity index (χ0v) is 12.9. The van der Waals surface area contributed by atoms with Crippen LogP contribution in [-0.4, -0.2) is 11.6 Å². The molecule has 0 aliphatic rings. The second kappa shape index (κ2) is 5.93. The molecule has 1 aromatic heterocycles. The summed E-state index contributed by atoms with van der Waals surface area (Å²) in [4.78, 5) is 3.31. The molecule has 3 heteroatoms. The Kier molecular flexibility index (Phi) is 3.99. The molecule has 0 aliphatic carbocycles. The van der Waals surface area contributed by atoms with E-state index in [9.17, 15) is 4.39 Å². The van der Waals surface area contributed by atoms with E-state index in [1.807, 2.05) is 18.2 Å². The van der Waals surface area contributed by atoms with Crippen molar-refractivity contribution < 1.29 is 9.13 Å². The van der Waals surface area contributed by atoms with Crippen molar-refractivity contribution in [1.29, 1.82) is 0 Å². The molecule has 0 bridgehead atoms.